The second-order valence-corrected chi connectivity index (χ2v) is 5.04. The van der Waals surface area contributed by atoms with Gasteiger partial charge in [-0.2, -0.15) is 0 Å². The number of aromatic nitrogens is 1. The minimum atomic E-state index is -0.199. The maximum absolute atomic E-state index is 9.57. The Morgan fingerprint density at radius 1 is 1.62 bits per heavy atom. The van der Waals surface area contributed by atoms with Gasteiger partial charge in [0.25, 0.3) is 0 Å². The number of halogens is 1. The van der Waals surface area contributed by atoms with Gasteiger partial charge in [0.05, 0.1) is 16.8 Å². The van der Waals surface area contributed by atoms with Gasteiger partial charge in [-0.25, -0.2) is 4.98 Å². The van der Waals surface area contributed by atoms with Crippen molar-refractivity contribution in [2.75, 3.05) is 19.6 Å². The summed E-state index contributed by atoms with van der Waals surface area (Å²) in [6.07, 6.45) is -0.199. The Labute approximate surface area is 106 Å². The number of aryl methyl sites for hydroxylation is 1. The van der Waals surface area contributed by atoms with Crippen LogP contribution in [0, 0.1) is 12.8 Å². The van der Waals surface area contributed by atoms with Crippen LogP contribution in [0.1, 0.15) is 10.7 Å². The van der Waals surface area contributed by atoms with Crippen LogP contribution in [-0.2, 0) is 6.54 Å². The number of nitrogens with zero attached hydrogens (tertiary/aromatic N) is 1. The van der Waals surface area contributed by atoms with E-state index in [9.17, 15) is 5.11 Å². The van der Waals surface area contributed by atoms with Gasteiger partial charge in [0.2, 0.25) is 0 Å². The Bertz CT molecular complexity index is 321. The SMILES string of the molecule is Cc1nc(CNCC2CNCC2O)cs1.Cl. The molecule has 1 aliphatic heterocycles. The molecule has 0 spiro atoms. The van der Waals surface area contributed by atoms with Crippen molar-refractivity contribution >= 4 is 23.7 Å². The van der Waals surface area contributed by atoms with E-state index in [1.807, 2.05) is 6.92 Å². The maximum atomic E-state index is 9.57. The Morgan fingerprint density at radius 2 is 2.44 bits per heavy atom. The van der Waals surface area contributed by atoms with E-state index in [4.69, 9.17) is 0 Å². The van der Waals surface area contributed by atoms with Gasteiger partial charge in [0.1, 0.15) is 0 Å². The number of thiazole rings is 1. The average Bonchev–Trinajstić information content (AvgIpc) is 2.77. The molecule has 4 nitrogen and oxygen atoms in total. The van der Waals surface area contributed by atoms with E-state index in [2.05, 4.69) is 21.0 Å². The zero-order chi connectivity index (χ0) is 10.7. The number of aliphatic hydroxyl groups is 1. The van der Waals surface area contributed by atoms with Gasteiger partial charge in [0, 0.05) is 37.5 Å². The largest absolute Gasteiger partial charge is 0.391 e. The lowest BCUT2D eigenvalue weighted by molar-refractivity contribution is 0.146. The zero-order valence-electron chi connectivity index (χ0n) is 9.27. The molecule has 1 aliphatic rings. The van der Waals surface area contributed by atoms with Crippen molar-refractivity contribution in [2.45, 2.75) is 19.6 Å². The highest BCUT2D eigenvalue weighted by molar-refractivity contribution is 7.09. The zero-order valence-corrected chi connectivity index (χ0v) is 10.9. The molecule has 16 heavy (non-hydrogen) atoms. The Hall–Kier alpha value is -0.200. The molecule has 1 aromatic rings. The summed E-state index contributed by atoms with van der Waals surface area (Å²) in [5, 5.41) is 19.3. The van der Waals surface area contributed by atoms with Gasteiger partial charge < -0.3 is 15.7 Å². The Balaban J connectivity index is 0.00000128. The van der Waals surface area contributed by atoms with Gasteiger partial charge >= 0.3 is 0 Å². The first-order valence-corrected chi connectivity index (χ1v) is 6.14. The third-order valence-corrected chi connectivity index (χ3v) is 3.51. The highest BCUT2D eigenvalue weighted by atomic mass is 35.5. The summed E-state index contributed by atoms with van der Waals surface area (Å²) < 4.78 is 0. The molecule has 2 heterocycles. The molecule has 0 bridgehead atoms. The fourth-order valence-electron chi connectivity index (χ4n) is 1.80. The normalized spacial score (nSPS) is 24.4. The fraction of sp³-hybridized carbons (Fsp3) is 0.700. The third-order valence-electron chi connectivity index (χ3n) is 2.68. The molecule has 1 fully saturated rings. The van der Waals surface area contributed by atoms with Crippen LogP contribution in [0.4, 0.5) is 0 Å². The number of hydrogen-bond acceptors (Lipinski definition) is 5. The second-order valence-electron chi connectivity index (χ2n) is 3.97. The van der Waals surface area contributed by atoms with E-state index in [-0.39, 0.29) is 18.5 Å². The molecule has 6 heteroatoms. The van der Waals surface area contributed by atoms with Crippen LogP contribution < -0.4 is 10.6 Å². The van der Waals surface area contributed by atoms with Crippen molar-refractivity contribution in [1.29, 1.82) is 0 Å². The number of hydrogen-bond donors (Lipinski definition) is 3. The molecule has 2 rings (SSSR count). The molecule has 2 unspecified atom stereocenters. The van der Waals surface area contributed by atoms with Crippen LogP contribution in [0.5, 0.6) is 0 Å². The summed E-state index contributed by atoms with van der Waals surface area (Å²) in [5.74, 6) is 0.338. The van der Waals surface area contributed by atoms with Crippen LogP contribution >= 0.6 is 23.7 Å². The molecular formula is C10H18ClN3OS. The Morgan fingerprint density at radius 3 is 3.00 bits per heavy atom. The number of aliphatic hydroxyl groups excluding tert-OH is 1. The Kier molecular flexibility index (Phi) is 5.64. The van der Waals surface area contributed by atoms with Crippen molar-refractivity contribution in [2.24, 2.45) is 5.92 Å². The lowest BCUT2D eigenvalue weighted by Crippen LogP contribution is -2.30. The molecule has 0 saturated carbocycles. The molecule has 2 atom stereocenters. The smallest absolute Gasteiger partial charge is 0.0897 e. The van der Waals surface area contributed by atoms with E-state index in [1.165, 1.54) is 0 Å². The van der Waals surface area contributed by atoms with Gasteiger partial charge in [-0.1, -0.05) is 0 Å². The minimum absolute atomic E-state index is 0. The van der Waals surface area contributed by atoms with E-state index in [0.29, 0.717) is 5.92 Å². The monoisotopic (exact) mass is 263 g/mol. The van der Waals surface area contributed by atoms with Crippen LogP contribution in [0.15, 0.2) is 5.38 Å². The molecule has 3 N–H and O–H groups in total. The van der Waals surface area contributed by atoms with Crippen LogP contribution in [0.2, 0.25) is 0 Å². The van der Waals surface area contributed by atoms with Gasteiger partial charge in [-0.15, -0.1) is 23.7 Å². The molecule has 92 valence electrons. The number of rotatable bonds is 4. The van der Waals surface area contributed by atoms with E-state index < -0.39 is 0 Å². The van der Waals surface area contributed by atoms with Crippen molar-refractivity contribution < 1.29 is 5.11 Å². The maximum Gasteiger partial charge on any atom is 0.0897 e. The van der Waals surface area contributed by atoms with Crippen molar-refractivity contribution in [3.05, 3.63) is 16.1 Å². The van der Waals surface area contributed by atoms with Crippen molar-refractivity contribution in [3.63, 3.8) is 0 Å². The first-order chi connectivity index (χ1) is 7.25. The molecule has 0 amide bonds. The van der Waals surface area contributed by atoms with E-state index in [1.54, 1.807) is 11.3 Å². The van der Waals surface area contributed by atoms with E-state index in [0.717, 1.165) is 36.9 Å². The summed E-state index contributed by atoms with van der Waals surface area (Å²) in [7, 11) is 0. The lowest BCUT2D eigenvalue weighted by atomic mass is 10.1. The molecule has 0 aliphatic carbocycles. The van der Waals surface area contributed by atoms with Crippen LogP contribution in [0.3, 0.4) is 0 Å². The third kappa shape index (κ3) is 3.68. The summed E-state index contributed by atoms with van der Waals surface area (Å²) >= 11 is 1.67. The first kappa shape index (κ1) is 13.9. The van der Waals surface area contributed by atoms with Crippen molar-refractivity contribution in [3.8, 4) is 0 Å². The number of β-amino-alcohol motifs (C(OH)–C–C–N with tert-alkyl or cyclic N) is 1. The summed E-state index contributed by atoms with van der Waals surface area (Å²) in [4.78, 5) is 4.37. The number of nitrogens with one attached hydrogen (secondary N) is 2. The van der Waals surface area contributed by atoms with Crippen LogP contribution in [-0.4, -0.2) is 35.8 Å². The minimum Gasteiger partial charge on any atom is -0.391 e. The highest BCUT2D eigenvalue weighted by Gasteiger charge is 2.23. The summed E-state index contributed by atoms with van der Waals surface area (Å²) in [5.41, 5.74) is 1.10. The quantitative estimate of drug-likeness (QED) is 0.742. The average molecular weight is 264 g/mol. The molecule has 0 radical (unpaired) electrons. The summed E-state index contributed by atoms with van der Waals surface area (Å²) in [6, 6.07) is 0. The van der Waals surface area contributed by atoms with Crippen LogP contribution in [0.25, 0.3) is 0 Å². The van der Waals surface area contributed by atoms with Gasteiger partial charge in [0.15, 0.2) is 0 Å². The van der Waals surface area contributed by atoms with Crippen molar-refractivity contribution in [1.82, 2.24) is 15.6 Å². The predicted molar refractivity (Wildman–Crippen MR) is 68.2 cm³/mol. The highest BCUT2D eigenvalue weighted by Crippen LogP contribution is 2.09. The fourth-order valence-corrected chi connectivity index (χ4v) is 2.42. The topological polar surface area (TPSA) is 57.2 Å². The van der Waals surface area contributed by atoms with Gasteiger partial charge in [-0.05, 0) is 6.92 Å². The molecule has 0 aromatic carbocycles. The lowest BCUT2D eigenvalue weighted by Gasteiger charge is -2.13. The first-order valence-electron chi connectivity index (χ1n) is 5.26. The molecule has 1 saturated heterocycles. The second kappa shape index (κ2) is 6.51. The molecular weight excluding hydrogens is 246 g/mol. The van der Waals surface area contributed by atoms with E-state index >= 15 is 0 Å². The standard InChI is InChI=1S/C10H17N3OS.ClH/c1-7-13-9(6-15-7)4-11-2-8-3-12-5-10(8)14;/h6,8,10-12,14H,2-5H2,1H3;1H. The van der Waals surface area contributed by atoms with Gasteiger partial charge in [-0.3, -0.25) is 0 Å². The molecule has 1 aromatic heterocycles. The summed E-state index contributed by atoms with van der Waals surface area (Å²) in [6.45, 7) is 5.30. The predicted octanol–water partition coefficient (Wildman–Crippen LogP) is 0.543.